The van der Waals surface area contributed by atoms with Crippen LogP contribution >= 0.6 is 15.9 Å². The normalized spacial score (nSPS) is 11.6. The fraction of sp³-hybridized carbons (Fsp3) is 0. The van der Waals surface area contributed by atoms with Gasteiger partial charge in [0.05, 0.1) is 16.6 Å². The van der Waals surface area contributed by atoms with E-state index in [1.54, 1.807) is 0 Å². The van der Waals surface area contributed by atoms with E-state index in [0.717, 1.165) is 4.47 Å². The van der Waals surface area contributed by atoms with Gasteiger partial charge in [0.15, 0.2) is 0 Å². The Morgan fingerprint density at radius 1 is 0.486 bits per heavy atom. The van der Waals surface area contributed by atoms with Crippen molar-refractivity contribution in [3.05, 3.63) is 132 Å². The number of aromatic nitrogens is 2. The summed E-state index contributed by atoms with van der Waals surface area (Å²) in [7, 11) is 0. The highest BCUT2D eigenvalue weighted by molar-refractivity contribution is 9.10. The summed E-state index contributed by atoms with van der Waals surface area (Å²) in [6, 6.07) is 43.3. The molecule has 7 rings (SSSR count). The lowest BCUT2D eigenvalue weighted by atomic mass is 10.0. The topological polar surface area (TPSA) is 9.86 Å². The Morgan fingerprint density at radius 3 is 1.97 bits per heavy atom. The van der Waals surface area contributed by atoms with Gasteiger partial charge < -0.3 is 9.13 Å². The molecule has 0 amide bonds. The van der Waals surface area contributed by atoms with E-state index in [1.807, 2.05) is 0 Å². The SMILES string of the molecule is Brc1cccc(-c2ccc3c(c2)c2ccc4c(ccn4-c4ccccc4)c2n3-c2ccccc2)c1. The second-order valence-corrected chi connectivity index (χ2v) is 9.74. The molecule has 3 heteroatoms. The molecule has 2 heterocycles. The Kier molecular flexibility index (Phi) is 4.64. The highest BCUT2D eigenvalue weighted by Crippen LogP contribution is 2.39. The van der Waals surface area contributed by atoms with E-state index in [4.69, 9.17) is 0 Å². The maximum absolute atomic E-state index is 3.63. The molecule has 0 spiro atoms. The average Bonchev–Trinajstić information content (AvgIpc) is 3.48. The zero-order chi connectivity index (χ0) is 23.4. The van der Waals surface area contributed by atoms with Crippen LogP contribution in [0, 0.1) is 0 Å². The molecule has 0 saturated heterocycles. The predicted octanol–water partition coefficient (Wildman–Crippen LogP) is 9.16. The zero-order valence-corrected chi connectivity index (χ0v) is 20.5. The molecule has 5 aromatic carbocycles. The summed E-state index contributed by atoms with van der Waals surface area (Å²) in [5.41, 5.74) is 8.42. The maximum Gasteiger partial charge on any atom is 0.0635 e. The van der Waals surface area contributed by atoms with Crippen molar-refractivity contribution in [1.82, 2.24) is 9.13 Å². The summed E-state index contributed by atoms with van der Waals surface area (Å²) in [4.78, 5) is 0. The molecule has 7 aromatic rings. The standard InChI is InChI=1S/C32H21BrN2/c33-24-9-7-8-22(20-24)23-14-16-31-29(21-23)27-15-17-30-28(18-19-34(30)25-10-3-1-4-11-25)32(27)35(31)26-12-5-2-6-13-26/h1-21H. The van der Waals surface area contributed by atoms with Crippen LogP contribution in [0.25, 0.3) is 55.2 Å². The van der Waals surface area contributed by atoms with Crippen molar-refractivity contribution in [3.8, 4) is 22.5 Å². The van der Waals surface area contributed by atoms with Gasteiger partial charge in [-0.1, -0.05) is 76.6 Å². The summed E-state index contributed by atoms with van der Waals surface area (Å²) in [6.07, 6.45) is 2.18. The minimum Gasteiger partial charge on any atom is -0.316 e. The number of halogens is 1. The lowest BCUT2D eigenvalue weighted by Crippen LogP contribution is -1.94. The second kappa shape index (κ2) is 8.00. The zero-order valence-electron chi connectivity index (χ0n) is 18.9. The van der Waals surface area contributed by atoms with E-state index < -0.39 is 0 Å². The molecule has 0 aliphatic carbocycles. The van der Waals surface area contributed by atoms with Crippen LogP contribution in [-0.4, -0.2) is 9.13 Å². The summed E-state index contributed by atoms with van der Waals surface area (Å²) >= 11 is 3.63. The third kappa shape index (κ3) is 3.23. The van der Waals surface area contributed by atoms with Crippen molar-refractivity contribution in [1.29, 1.82) is 0 Å². The molecular weight excluding hydrogens is 492 g/mol. The first-order valence-electron chi connectivity index (χ1n) is 11.7. The molecule has 0 bridgehead atoms. The van der Waals surface area contributed by atoms with Crippen LogP contribution in [0.1, 0.15) is 0 Å². The summed E-state index contributed by atoms with van der Waals surface area (Å²) in [5.74, 6) is 0. The van der Waals surface area contributed by atoms with E-state index in [-0.39, 0.29) is 0 Å². The van der Waals surface area contributed by atoms with Gasteiger partial charge in [0.25, 0.3) is 0 Å². The van der Waals surface area contributed by atoms with E-state index in [9.17, 15) is 0 Å². The van der Waals surface area contributed by atoms with E-state index >= 15 is 0 Å². The Balaban J connectivity index is 1.58. The highest BCUT2D eigenvalue weighted by atomic mass is 79.9. The first-order chi connectivity index (χ1) is 17.3. The van der Waals surface area contributed by atoms with E-state index in [0.29, 0.717) is 0 Å². The summed E-state index contributed by atoms with van der Waals surface area (Å²) < 4.78 is 5.77. The first kappa shape index (κ1) is 20.3. The Bertz CT molecular complexity index is 1840. The van der Waals surface area contributed by atoms with Crippen LogP contribution in [0.5, 0.6) is 0 Å². The van der Waals surface area contributed by atoms with Gasteiger partial charge >= 0.3 is 0 Å². The molecule has 0 atom stereocenters. The molecule has 0 saturated carbocycles. The van der Waals surface area contributed by atoms with Crippen LogP contribution in [0.3, 0.4) is 0 Å². The van der Waals surface area contributed by atoms with Gasteiger partial charge in [-0.25, -0.2) is 0 Å². The number of rotatable bonds is 3. The molecule has 2 nitrogen and oxygen atoms in total. The molecule has 35 heavy (non-hydrogen) atoms. The quantitative estimate of drug-likeness (QED) is 0.223. The number of hydrogen-bond acceptors (Lipinski definition) is 0. The van der Waals surface area contributed by atoms with Crippen molar-refractivity contribution in [3.63, 3.8) is 0 Å². The van der Waals surface area contributed by atoms with Crippen LogP contribution in [-0.2, 0) is 0 Å². The Morgan fingerprint density at radius 2 is 1.20 bits per heavy atom. The monoisotopic (exact) mass is 512 g/mol. The largest absolute Gasteiger partial charge is 0.316 e. The van der Waals surface area contributed by atoms with Crippen LogP contribution in [0.4, 0.5) is 0 Å². The minimum atomic E-state index is 1.09. The van der Waals surface area contributed by atoms with Crippen molar-refractivity contribution in [2.75, 3.05) is 0 Å². The second-order valence-electron chi connectivity index (χ2n) is 8.83. The van der Waals surface area contributed by atoms with Crippen molar-refractivity contribution < 1.29 is 0 Å². The van der Waals surface area contributed by atoms with Gasteiger partial charge in [0.1, 0.15) is 0 Å². The van der Waals surface area contributed by atoms with Crippen molar-refractivity contribution in [2.24, 2.45) is 0 Å². The number of benzene rings is 5. The molecule has 0 aliphatic rings. The summed E-state index contributed by atoms with van der Waals surface area (Å²) in [6.45, 7) is 0. The number of para-hydroxylation sites is 2. The van der Waals surface area contributed by atoms with Crippen LogP contribution in [0.15, 0.2) is 132 Å². The summed E-state index contributed by atoms with van der Waals surface area (Å²) in [5, 5.41) is 3.77. The van der Waals surface area contributed by atoms with Crippen LogP contribution < -0.4 is 0 Å². The lowest BCUT2D eigenvalue weighted by Gasteiger charge is -2.10. The number of hydrogen-bond donors (Lipinski definition) is 0. The first-order valence-corrected chi connectivity index (χ1v) is 12.5. The maximum atomic E-state index is 3.63. The van der Waals surface area contributed by atoms with Gasteiger partial charge in [-0.2, -0.15) is 0 Å². The van der Waals surface area contributed by atoms with Crippen LogP contribution in [0.2, 0.25) is 0 Å². The van der Waals surface area contributed by atoms with Gasteiger partial charge in [0, 0.05) is 38.2 Å². The smallest absolute Gasteiger partial charge is 0.0635 e. The molecular formula is C32H21BrN2. The van der Waals surface area contributed by atoms with Gasteiger partial charge in [0.2, 0.25) is 0 Å². The highest BCUT2D eigenvalue weighted by Gasteiger charge is 2.17. The number of fused-ring (bicyclic) bond motifs is 5. The molecule has 0 fully saturated rings. The minimum absolute atomic E-state index is 1.09. The fourth-order valence-corrected chi connectivity index (χ4v) is 5.63. The molecule has 2 aromatic heterocycles. The van der Waals surface area contributed by atoms with E-state index in [2.05, 4.69) is 153 Å². The molecule has 0 N–H and O–H groups in total. The Labute approximate surface area is 211 Å². The van der Waals surface area contributed by atoms with Crippen molar-refractivity contribution >= 4 is 48.6 Å². The van der Waals surface area contributed by atoms with Gasteiger partial charge in [-0.3, -0.25) is 0 Å². The lowest BCUT2D eigenvalue weighted by molar-refractivity contribution is 1.13. The molecule has 0 radical (unpaired) electrons. The van der Waals surface area contributed by atoms with Gasteiger partial charge in [-0.15, -0.1) is 0 Å². The number of nitrogens with zero attached hydrogens (tertiary/aromatic N) is 2. The molecule has 0 aliphatic heterocycles. The molecule has 166 valence electrons. The van der Waals surface area contributed by atoms with E-state index in [1.165, 1.54) is 55.2 Å². The van der Waals surface area contributed by atoms with Gasteiger partial charge in [-0.05, 0) is 71.8 Å². The third-order valence-corrected chi connectivity index (χ3v) is 7.30. The Hall–Kier alpha value is -4.08. The average molecular weight is 513 g/mol. The molecule has 0 unspecified atom stereocenters. The predicted molar refractivity (Wildman–Crippen MR) is 151 cm³/mol. The fourth-order valence-electron chi connectivity index (χ4n) is 5.23. The van der Waals surface area contributed by atoms with Crippen molar-refractivity contribution in [2.45, 2.75) is 0 Å². The third-order valence-electron chi connectivity index (χ3n) is 6.80.